The summed E-state index contributed by atoms with van der Waals surface area (Å²) < 4.78 is 0. The summed E-state index contributed by atoms with van der Waals surface area (Å²) in [6.07, 6.45) is 0. The maximum absolute atomic E-state index is 11.3. The molecule has 5 nitrogen and oxygen atoms in total. The molecule has 0 amide bonds. The molecule has 1 atom stereocenters. The lowest BCUT2D eigenvalue weighted by Crippen LogP contribution is -2.28. The third-order valence-corrected chi connectivity index (χ3v) is 3.51. The lowest BCUT2D eigenvalue weighted by molar-refractivity contribution is -0.305. The Balaban J connectivity index is 2.32. The molecule has 1 heterocycles. The summed E-state index contributed by atoms with van der Waals surface area (Å²) in [6, 6.07) is 10.0. The zero-order chi connectivity index (χ0) is 13.8. The predicted octanol–water partition coefficient (Wildman–Crippen LogP) is 0.662. The number of carboxylic acids is 1. The van der Waals surface area contributed by atoms with E-state index in [1.54, 1.807) is 37.3 Å². The fraction of sp³-hybridized carbons (Fsp3) is 0.154. The number of carboxylic acid groups (broad SMARTS) is 1. The van der Waals surface area contributed by atoms with Gasteiger partial charge in [-0.05, 0) is 12.5 Å². The van der Waals surface area contributed by atoms with Crippen LogP contribution in [0.1, 0.15) is 16.5 Å². The zero-order valence-corrected chi connectivity index (χ0v) is 10.9. The zero-order valence-electron chi connectivity index (χ0n) is 10.1. The molecule has 0 aliphatic rings. The SMILES string of the molecule is Cc1cc(=O)[nH]c(S[C@H](C(=O)[O-])c2ccccc2)n1. The van der Waals surface area contributed by atoms with E-state index in [1.807, 2.05) is 0 Å². The van der Waals surface area contributed by atoms with E-state index in [1.165, 1.54) is 6.07 Å². The molecule has 0 saturated carbocycles. The minimum Gasteiger partial charge on any atom is -0.549 e. The molecule has 0 radical (unpaired) electrons. The number of carbonyl (C=O) groups is 1. The van der Waals surface area contributed by atoms with E-state index < -0.39 is 11.2 Å². The quantitative estimate of drug-likeness (QED) is 0.654. The summed E-state index contributed by atoms with van der Waals surface area (Å²) >= 11 is 0.950. The molecule has 0 saturated heterocycles. The first-order chi connectivity index (χ1) is 9.06. The van der Waals surface area contributed by atoms with Crippen molar-refractivity contribution in [1.29, 1.82) is 0 Å². The molecule has 19 heavy (non-hydrogen) atoms. The molecular formula is C13H11N2O3S-. The average molecular weight is 275 g/mol. The second-order valence-corrected chi connectivity index (χ2v) is 5.01. The first-order valence-electron chi connectivity index (χ1n) is 5.56. The standard InChI is InChI=1S/C13H12N2O3S/c1-8-7-10(16)15-13(14-8)19-11(12(17)18)9-5-3-2-4-6-9/h2-7,11H,1H3,(H,17,18)(H,14,15,16)/p-1/t11-/m0/s1. The third-order valence-electron chi connectivity index (χ3n) is 2.39. The summed E-state index contributed by atoms with van der Waals surface area (Å²) in [5.74, 6) is -1.22. The Morgan fingerprint density at radius 1 is 1.37 bits per heavy atom. The van der Waals surface area contributed by atoms with Crippen LogP contribution in [0.2, 0.25) is 0 Å². The molecule has 0 spiro atoms. The highest BCUT2D eigenvalue weighted by Crippen LogP contribution is 2.32. The second kappa shape index (κ2) is 5.71. The van der Waals surface area contributed by atoms with Crippen LogP contribution < -0.4 is 10.7 Å². The Kier molecular flexibility index (Phi) is 4.01. The minimum absolute atomic E-state index is 0.267. The molecule has 0 bridgehead atoms. The van der Waals surface area contributed by atoms with Gasteiger partial charge in [0.2, 0.25) is 0 Å². The third kappa shape index (κ3) is 3.45. The summed E-state index contributed by atoms with van der Waals surface area (Å²) in [5.41, 5.74) is 0.827. The summed E-state index contributed by atoms with van der Waals surface area (Å²) in [7, 11) is 0. The summed E-state index contributed by atoms with van der Waals surface area (Å²) in [5, 5.41) is 10.6. The smallest absolute Gasteiger partial charge is 0.251 e. The largest absolute Gasteiger partial charge is 0.549 e. The van der Waals surface area contributed by atoms with Crippen molar-refractivity contribution in [3.05, 3.63) is 58.0 Å². The molecule has 1 aromatic heterocycles. The van der Waals surface area contributed by atoms with Gasteiger partial charge < -0.3 is 14.9 Å². The average Bonchev–Trinajstić information content (AvgIpc) is 2.35. The van der Waals surface area contributed by atoms with E-state index in [0.29, 0.717) is 11.3 Å². The van der Waals surface area contributed by atoms with Gasteiger partial charge in [0.25, 0.3) is 5.56 Å². The number of aryl methyl sites for hydroxylation is 1. The Morgan fingerprint density at radius 3 is 2.63 bits per heavy atom. The van der Waals surface area contributed by atoms with Gasteiger partial charge in [-0.25, -0.2) is 4.98 Å². The van der Waals surface area contributed by atoms with Crippen LogP contribution in [0.3, 0.4) is 0 Å². The van der Waals surface area contributed by atoms with Crippen LogP contribution in [-0.4, -0.2) is 15.9 Å². The van der Waals surface area contributed by atoms with Crippen molar-refractivity contribution in [3.8, 4) is 0 Å². The first kappa shape index (κ1) is 13.4. The van der Waals surface area contributed by atoms with Gasteiger partial charge in [0.1, 0.15) is 0 Å². The van der Waals surface area contributed by atoms with Gasteiger partial charge in [-0.1, -0.05) is 42.1 Å². The van der Waals surface area contributed by atoms with Gasteiger partial charge in [-0.3, -0.25) is 4.79 Å². The number of H-pyrrole nitrogens is 1. The van der Waals surface area contributed by atoms with Crippen LogP contribution in [0.4, 0.5) is 0 Å². The Hall–Kier alpha value is -2.08. The van der Waals surface area contributed by atoms with Crippen LogP contribution in [-0.2, 0) is 4.79 Å². The van der Waals surface area contributed by atoms with E-state index >= 15 is 0 Å². The number of nitrogens with one attached hydrogen (secondary N) is 1. The number of carbonyl (C=O) groups excluding carboxylic acids is 1. The number of nitrogens with zero attached hydrogens (tertiary/aromatic N) is 1. The summed E-state index contributed by atoms with van der Waals surface area (Å²) in [6.45, 7) is 1.68. The lowest BCUT2D eigenvalue weighted by Gasteiger charge is -2.17. The van der Waals surface area contributed by atoms with Crippen LogP contribution in [0.15, 0.2) is 46.3 Å². The van der Waals surface area contributed by atoms with Crippen molar-refractivity contribution in [1.82, 2.24) is 9.97 Å². The van der Waals surface area contributed by atoms with Gasteiger partial charge >= 0.3 is 0 Å². The van der Waals surface area contributed by atoms with E-state index in [-0.39, 0.29) is 10.7 Å². The van der Waals surface area contributed by atoms with E-state index in [4.69, 9.17) is 0 Å². The first-order valence-corrected chi connectivity index (χ1v) is 6.44. The number of aliphatic carboxylic acids is 1. The molecule has 2 aromatic rings. The Morgan fingerprint density at radius 2 is 2.05 bits per heavy atom. The van der Waals surface area contributed by atoms with Crippen LogP contribution >= 0.6 is 11.8 Å². The van der Waals surface area contributed by atoms with E-state index in [2.05, 4.69) is 9.97 Å². The number of aromatic nitrogens is 2. The highest BCUT2D eigenvalue weighted by Gasteiger charge is 2.15. The van der Waals surface area contributed by atoms with Crippen molar-refractivity contribution in [2.75, 3.05) is 0 Å². The molecule has 0 aliphatic heterocycles. The fourth-order valence-electron chi connectivity index (χ4n) is 1.60. The molecule has 6 heteroatoms. The van der Waals surface area contributed by atoms with Gasteiger partial charge in [-0.2, -0.15) is 0 Å². The molecule has 0 fully saturated rings. The highest BCUT2D eigenvalue weighted by atomic mass is 32.2. The minimum atomic E-state index is -1.22. The maximum atomic E-state index is 11.3. The molecule has 98 valence electrons. The molecular weight excluding hydrogens is 264 g/mol. The fourth-order valence-corrected chi connectivity index (χ4v) is 2.57. The number of aromatic amines is 1. The lowest BCUT2D eigenvalue weighted by atomic mass is 10.1. The van der Waals surface area contributed by atoms with Crippen LogP contribution in [0.5, 0.6) is 0 Å². The molecule has 2 rings (SSSR count). The topological polar surface area (TPSA) is 85.9 Å². The van der Waals surface area contributed by atoms with Gasteiger partial charge in [0.15, 0.2) is 5.16 Å². The van der Waals surface area contributed by atoms with Crippen molar-refractivity contribution < 1.29 is 9.90 Å². The van der Waals surface area contributed by atoms with Crippen molar-refractivity contribution in [3.63, 3.8) is 0 Å². The molecule has 1 N–H and O–H groups in total. The van der Waals surface area contributed by atoms with Crippen LogP contribution in [0.25, 0.3) is 0 Å². The molecule has 1 aromatic carbocycles. The number of thioether (sulfide) groups is 1. The van der Waals surface area contributed by atoms with Gasteiger partial charge in [0.05, 0.1) is 11.2 Å². The van der Waals surface area contributed by atoms with Crippen molar-refractivity contribution in [2.45, 2.75) is 17.3 Å². The van der Waals surface area contributed by atoms with Gasteiger partial charge in [0, 0.05) is 11.8 Å². The number of hydrogen-bond donors (Lipinski definition) is 1. The van der Waals surface area contributed by atoms with E-state index in [9.17, 15) is 14.7 Å². The van der Waals surface area contributed by atoms with Crippen molar-refractivity contribution >= 4 is 17.7 Å². The summed E-state index contributed by atoms with van der Waals surface area (Å²) in [4.78, 5) is 29.2. The second-order valence-electron chi connectivity index (χ2n) is 3.92. The Labute approximate surface area is 113 Å². The molecule has 0 aliphatic carbocycles. The van der Waals surface area contributed by atoms with E-state index in [0.717, 1.165) is 11.8 Å². The van der Waals surface area contributed by atoms with Gasteiger partial charge in [-0.15, -0.1) is 0 Å². The van der Waals surface area contributed by atoms with Crippen molar-refractivity contribution in [2.24, 2.45) is 0 Å². The monoisotopic (exact) mass is 275 g/mol. The number of hydrogen-bond acceptors (Lipinski definition) is 5. The maximum Gasteiger partial charge on any atom is 0.251 e. The van der Waals surface area contributed by atoms with Crippen LogP contribution in [0, 0.1) is 6.92 Å². The number of rotatable bonds is 4. The number of benzene rings is 1. The molecule has 0 unspecified atom stereocenters. The normalized spacial score (nSPS) is 12.1. The highest BCUT2D eigenvalue weighted by molar-refractivity contribution is 8.00. The Bertz CT molecular complexity index is 640. The predicted molar refractivity (Wildman–Crippen MR) is 69.6 cm³/mol.